The Hall–Kier alpha value is -2.30. The molecule has 5 heteroatoms. The molecule has 0 atom stereocenters. The van der Waals surface area contributed by atoms with Crippen molar-refractivity contribution in [3.8, 4) is 5.75 Å². The van der Waals surface area contributed by atoms with Gasteiger partial charge in [-0.3, -0.25) is 4.79 Å². The van der Waals surface area contributed by atoms with Crippen LogP contribution in [0.3, 0.4) is 0 Å². The van der Waals surface area contributed by atoms with Gasteiger partial charge in [-0.05, 0) is 18.2 Å². The molecule has 1 amide bonds. The standard InChI is InChI=1S/C13H12FNO3/c1-15(7-9-5-6-18-8-9)13(17)12-10(14)3-2-4-11(12)16/h2-6,8,16H,7H2,1H3. The van der Waals surface area contributed by atoms with E-state index in [0.29, 0.717) is 0 Å². The Morgan fingerprint density at radius 3 is 2.83 bits per heavy atom. The van der Waals surface area contributed by atoms with E-state index >= 15 is 0 Å². The van der Waals surface area contributed by atoms with Crippen molar-refractivity contribution in [1.29, 1.82) is 0 Å². The van der Waals surface area contributed by atoms with Gasteiger partial charge in [-0.1, -0.05) is 6.07 Å². The molecular weight excluding hydrogens is 237 g/mol. The summed E-state index contributed by atoms with van der Waals surface area (Å²) in [6.07, 6.45) is 3.00. The molecule has 0 aliphatic rings. The number of furan rings is 1. The molecule has 1 aromatic heterocycles. The van der Waals surface area contributed by atoms with E-state index in [9.17, 15) is 14.3 Å². The molecule has 0 radical (unpaired) electrons. The highest BCUT2D eigenvalue weighted by Gasteiger charge is 2.20. The lowest BCUT2D eigenvalue weighted by molar-refractivity contribution is 0.0777. The Morgan fingerprint density at radius 2 is 2.22 bits per heavy atom. The normalized spacial score (nSPS) is 10.3. The molecule has 18 heavy (non-hydrogen) atoms. The smallest absolute Gasteiger partial charge is 0.260 e. The lowest BCUT2D eigenvalue weighted by atomic mass is 10.1. The molecule has 0 aliphatic heterocycles. The van der Waals surface area contributed by atoms with E-state index in [1.54, 1.807) is 6.07 Å². The maximum absolute atomic E-state index is 13.5. The fourth-order valence-electron chi connectivity index (χ4n) is 1.64. The number of hydrogen-bond donors (Lipinski definition) is 1. The molecule has 0 fully saturated rings. The van der Waals surface area contributed by atoms with E-state index in [1.165, 1.54) is 36.6 Å². The van der Waals surface area contributed by atoms with Gasteiger partial charge in [-0.2, -0.15) is 0 Å². The largest absolute Gasteiger partial charge is 0.507 e. The van der Waals surface area contributed by atoms with Crippen LogP contribution in [0.15, 0.2) is 41.2 Å². The average Bonchev–Trinajstić information content (AvgIpc) is 2.81. The van der Waals surface area contributed by atoms with Gasteiger partial charge < -0.3 is 14.4 Å². The minimum atomic E-state index is -0.737. The van der Waals surface area contributed by atoms with Gasteiger partial charge in [0.25, 0.3) is 5.91 Å². The second-order valence-electron chi connectivity index (χ2n) is 3.93. The Morgan fingerprint density at radius 1 is 1.44 bits per heavy atom. The van der Waals surface area contributed by atoms with Crippen LogP contribution < -0.4 is 0 Å². The molecule has 0 aliphatic carbocycles. The molecular formula is C13H12FNO3. The van der Waals surface area contributed by atoms with E-state index in [1.807, 2.05) is 0 Å². The van der Waals surface area contributed by atoms with Crippen LogP contribution in [0.5, 0.6) is 5.75 Å². The minimum Gasteiger partial charge on any atom is -0.507 e. The van der Waals surface area contributed by atoms with Crippen molar-refractivity contribution < 1.29 is 18.7 Å². The monoisotopic (exact) mass is 249 g/mol. The molecule has 2 aromatic rings. The first-order valence-corrected chi connectivity index (χ1v) is 5.33. The third kappa shape index (κ3) is 2.34. The van der Waals surface area contributed by atoms with Crippen LogP contribution in [-0.2, 0) is 6.54 Å². The van der Waals surface area contributed by atoms with Crippen molar-refractivity contribution in [2.45, 2.75) is 6.54 Å². The van der Waals surface area contributed by atoms with Crippen LogP contribution in [0.2, 0.25) is 0 Å². The molecule has 2 rings (SSSR count). The molecule has 1 aromatic carbocycles. The third-order valence-corrected chi connectivity index (χ3v) is 2.55. The predicted molar refractivity (Wildman–Crippen MR) is 62.6 cm³/mol. The molecule has 0 unspecified atom stereocenters. The SMILES string of the molecule is CN(Cc1ccoc1)C(=O)c1c(O)cccc1F. The van der Waals surface area contributed by atoms with E-state index in [0.717, 1.165) is 11.6 Å². The first kappa shape index (κ1) is 12.2. The Bertz CT molecular complexity index is 531. The number of phenols is 1. The summed E-state index contributed by atoms with van der Waals surface area (Å²) in [4.78, 5) is 13.3. The number of carbonyl (C=O) groups is 1. The number of carbonyl (C=O) groups excluding carboxylic acids is 1. The quantitative estimate of drug-likeness (QED) is 0.908. The zero-order valence-corrected chi connectivity index (χ0v) is 9.76. The highest BCUT2D eigenvalue weighted by atomic mass is 19.1. The summed E-state index contributed by atoms with van der Waals surface area (Å²) in [5, 5.41) is 9.53. The van der Waals surface area contributed by atoms with Crippen molar-refractivity contribution in [3.63, 3.8) is 0 Å². The lowest BCUT2D eigenvalue weighted by Gasteiger charge is -2.17. The Labute approximate surface area is 103 Å². The fraction of sp³-hybridized carbons (Fsp3) is 0.154. The summed E-state index contributed by atoms with van der Waals surface area (Å²) < 4.78 is 18.4. The summed E-state index contributed by atoms with van der Waals surface area (Å²) in [6.45, 7) is 0.281. The van der Waals surface area contributed by atoms with E-state index in [4.69, 9.17) is 4.42 Å². The number of benzene rings is 1. The minimum absolute atomic E-state index is 0.281. The van der Waals surface area contributed by atoms with Crippen LogP contribution >= 0.6 is 0 Å². The highest BCUT2D eigenvalue weighted by Crippen LogP contribution is 2.21. The molecule has 94 valence electrons. The van der Waals surface area contributed by atoms with Gasteiger partial charge in [-0.25, -0.2) is 4.39 Å². The number of phenolic OH excluding ortho intramolecular Hbond substituents is 1. The maximum Gasteiger partial charge on any atom is 0.260 e. The molecule has 1 heterocycles. The van der Waals surface area contributed by atoms with E-state index < -0.39 is 11.7 Å². The van der Waals surface area contributed by atoms with Gasteiger partial charge in [0, 0.05) is 19.2 Å². The summed E-state index contributed by atoms with van der Waals surface area (Å²) in [7, 11) is 1.53. The highest BCUT2D eigenvalue weighted by molar-refractivity contribution is 5.96. The molecule has 0 bridgehead atoms. The van der Waals surface area contributed by atoms with Crippen molar-refractivity contribution in [3.05, 3.63) is 53.7 Å². The van der Waals surface area contributed by atoms with Crippen LogP contribution in [0.1, 0.15) is 15.9 Å². The zero-order chi connectivity index (χ0) is 13.1. The van der Waals surface area contributed by atoms with Crippen molar-refractivity contribution in [2.24, 2.45) is 0 Å². The summed E-state index contributed by atoms with van der Waals surface area (Å²) in [6, 6.07) is 5.48. The number of nitrogens with zero attached hydrogens (tertiary/aromatic N) is 1. The summed E-state index contributed by atoms with van der Waals surface area (Å²) in [5.74, 6) is -1.68. The predicted octanol–water partition coefficient (Wildman–Crippen LogP) is 2.40. The van der Waals surface area contributed by atoms with Crippen molar-refractivity contribution in [1.82, 2.24) is 4.90 Å². The molecule has 0 saturated carbocycles. The summed E-state index contributed by atoms with van der Waals surface area (Å²) in [5.41, 5.74) is 0.477. The second kappa shape index (κ2) is 4.91. The van der Waals surface area contributed by atoms with E-state index in [2.05, 4.69) is 0 Å². The van der Waals surface area contributed by atoms with E-state index in [-0.39, 0.29) is 17.9 Å². The molecule has 0 spiro atoms. The van der Waals surface area contributed by atoms with Gasteiger partial charge >= 0.3 is 0 Å². The van der Waals surface area contributed by atoms with Gasteiger partial charge in [0.2, 0.25) is 0 Å². The molecule has 0 saturated heterocycles. The molecule has 1 N–H and O–H groups in total. The number of amides is 1. The van der Waals surface area contributed by atoms with Crippen molar-refractivity contribution >= 4 is 5.91 Å². The first-order valence-electron chi connectivity index (χ1n) is 5.33. The topological polar surface area (TPSA) is 53.7 Å². The average molecular weight is 249 g/mol. The van der Waals surface area contributed by atoms with Crippen LogP contribution in [0.25, 0.3) is 0 Å². The van der Waals surface area contributed by atoms with Crippen LogP contribution in [0.4, 0.5) is 4.39 Å². The van der Waals surface area contributed by atoms with Crippen molar-refractivity contribution in [2.75, 3.05) is 7.05 Å². The number of halogens is 1. The van der Waals surface area contributed by atoms with Gasteiger partial charge in [0.1, 0.15) is 17.1 Å². The number of aromatic hydroxyl groups is 1. The second-order valence-corrected chi connectivity index (χ2v) is 3.93. The van der Waals surface area contributed by atoms with Crippen LogP contribution in [0, 0.1) is 5.82 Å². The number of hydrogen-bond acceptors (Lipinski definition) is 3. The van der Waals surface area contributed by atoms with Gasteiger partial charge in [0.15, 0.2) is 0 Å². The first-order chi connectivity index (χ1) is 8.59. The van der Waals surface area contributed by atoms with Gasteiger partial charge in [0.05, 0.1) is 12.5 Å². The van der Waals surface area contributed by atoms with Crippen LogP contribution in [-0.4, -0.2) is 23.0 Å². The third-order valence-electron chi connectivity index (χ3n) is 2.55. The number of rotatable bonds is 3. The maximum atomic E-state index is 13.5. The Kier molecular flexibility index (Phi) is 3.32. The fourth-order valence-corrected chi connectivity index (χ4v) is 1.64. The Balaban J connectivity index is 2.21. The summed E-state index contributed by atoms with van der Waals surface area (Å²) >= 11 is 0. The molecule has 4 nitrogen and oxygen atoms in total. The zero-order valence-electron chi connectivity index (χ0n) is 9.76. The van der Waals surface area contributed by atoms with Gasteiger partial charge in [-0.15, -0.1) is 0 Å². The lowest BCUT2D eigenvalue weighted by Crippen LogP contribution is -2.26.